The molecule has 1 saturated carbocycles. The second-order valence-electron chi connectivity index (χ2n) is 6.61. The summed E-state index contributed by atoms with van der Waals surface area (Å²) in [5, 5.41) is 4.53. The van der Waals surface area contributed by atoms with Gasteiger partial charge in [-0.3, -0.25) is 9.48 Å². The first-order valence-electron chi connectivity index (χ1n) is 8.52. The van der Waals surface area contributed by atoms with Crippen LogP contribution in [0, 0.1) is 0 Å². The van der Waals surface area contributed by atoms with Gasteiger partial charge in [0.15, 0.2) is 0 Å². The van der Waals surface area contributed by atoms with Crippen molar-refractivity contribution in [1.82, 2.24) is 14.7 Å². The molecule has 1 aromatic heterocycles. The predicted molar refractivity (Wildman–Crippen MR) is 95.1 cm³/mol. The molecule has 1 aromatic carbocycles. The van der Waals surface area contributed by atoms with E-state index in [9.17, 15) is 4.79 Å². The number of hydrogen-bond donors (Lipinski definition) is 0. The van der Waals surface area contributed by atoms with Crippen LogP contribution in [0.1, 0.15) is 46.8 Å². The number of rotatable bonds is 6. The van der Waals surface area contributed by atoms with Crippen LogP contribution in [0.4, 0.5) is 0 Å². The molecule has 1 aliphatic rings. The first-order valence-corrected chi connectivity index (χ1v) is 8.52. The molecule has 134 valence electrons. The Hall–Kier alpha value is -2.50. The average Bonchev–Trinajstić information content (AvgIpc) is 2.93. The van der Waals surface area contributed by atoms with Gasteiger partial charge in [0.25, 0.3) is 5.91 Å². The monoisotopic (exact) mass is 343 g/mol. The van der Waals surface area contributed by atoms with E-state index >= 15 is 0 Å². The smallest absolute Gasteiger partial charge is 0.257 e. The van der Waals surface area contributed by atoms with Crippen molar-refractivity contribution in [2.24, 2.45) is 7.05 Å². The first-order chi connectivity index (χ1) is 12.0. The molecule has 3 rings (SSSR count). The molecule has 2 aromatic rings. The van der Waals surface area contributed by atoms with Crippen LogP contribution in [0.2, 0.25) is 0 Å². The SMILES string of the molecule is COc1cc(CN(C)C(=O)c2cn(C)nc2C2CCC2)cc(OC)c1. The number of nitrogens with zero attached hydrogens (tertiary/aromatic N) is 3. The minimum absolute atomic E-state index is 0.00298. The molecule has 6 nitrogen and oxygen atoms in total. The third-order valence-electron chi connectivity index (χ3n) is 4.76. The fourth-order valence-corrected chi connectivity index (χ4v) is 3.16. The Kier molecular flexibility index (Phi) is 4.97. The maximum absolute atomic E-state index is 12.9. The molecule has 0 N–H and O–H groups in total. The molecule has 0 spiro atoms. The highest BCUT2D eigenvalue weighted by atomic mass is 16.5. The fraction of sp³-hybridized carbons (Fsp3) is 0.474. The molecule has 25 heavy (non-hydrogen) atoms. The van der Waals surface area contributed by atoms with Crippen molar-refractivity contribution in [3.63, 3.8) is 0 Å². The van der Waals surface area contributed by atoms with E-state index in [-0.39, 0.29) is 5.91 Å². The van der Waals surface area contributed by atoms with Crippen LogP contribution in [0.5, 0.6) is 11.5 Å². The highest BCUT2D eigenvalue weighted by Crippen LogP contribution is 2.37. The zero-order valence-electron chi connectivity index (χ0n) is 15.3. The van der Waals surface area contributed by atoms with Gasteiger partial charge in [-0.1, -0.05) is 6.42 Å². The van der Waals surface area contributed by atoms with Gasteiger partial charge >= 0.3 is 0 Å². The Bertz CT molecular complexity index is 743. The van der Waals surface area contributed by atoms with E-state index in [1.165, 1.54) is 6.42 Å². The van der Waals surface area contributed by atoms with Crippen LogP contribution in [-0.2, 0) is 13.6 Å². The molecular formula is C19H25N3O3. The number of methoxy groups -OCH3 is 2. The van der Waals surface area contributed by atoms with Crippen LogP contribution in [-0.4, -0.2) is 41.9 Å². The van der Waals surface area contributed by atoms with E-state index in [1.807, 2.05) is 38.5 Å². The Labute approximate surface area is 148 Å². The van der Waals surface area contributed by atoms with Crippen molar-refractivity contribution in [2.45, 2.75) is 31.7 Å². The third kappa shape index (κ3) is 3.62. The summed E-state index contributed by atoms with van der Waals surface area (Å²) in [5.74, 6) is 1.85. The predicted octanol–water partition coefficient (Wildman–Crippen LogP) is 2.98. The van der Waals surface area contributed by atoms with Crippen LogP contribution in [0.15, 0.2) is 24.4 Å². The number of carbonyl (C=O) groups is 1. The molecule has 1 heterocycles. The Morgan fingerprint density at radius 2 is 1.88 bits per heavy atom. The lowest BCUT2D eigenvalue weighted by Crippen LogP contribution is -2.27. The van der Waals surface area contributed by atoms with Crippen LogP contribution >= 0.6 is 0 Å². The molecule has 0 saturated heterocycles. The first kappa shape index (κ1) is 17.3. The summed E-state index contributed by atoms with van der Waals surface area (Å²) >= 11 is 0. The quantitative estimate of drug-likeness (QED) is 0.809. The summed E-state index contributed by atoms with van der Waals surface area (Å²) < 4.78 is 12.3. The molecular weight excluding hydrogens is 318 g/mol. The second kappa shape index (κ2) is 7.17. The number of ether oxygens (including phenoxy) is 2. The maximum atomic E-state index is 12.9. The molecule has 1 aliphatic carbocycles. The average molecular weight is 343 g/mol. The fourth-order valence-electron chi connectivity index (χ4n) is 3.16. The van der Waals surface area contributed by atoms with Gasteiger partial charge in [-0.25, -0.2) is 0 Å². The lowest BCUT2D eigenvalue weighted by Gasteiger charge is -2.25. The standard InChI is InChI=1S/C19H25N3O3/c1-21(11-13-8-15(24-3)10-16(9-13)25-4)19(23)17-12-22(2)20-18(17)14-6-5-7-14/h8-10,12,14H,5-7,11H2,1-4H3. The minimum Gasteiger partial charge on any atom is -0.497 e. The van der Waals surface area contributed by atoms with E-state index in [4.69, 9.17) is 9.47 Å². The Morgan fingerprint density at radius 1 is 1.24 bits per heavy atom. The number of amides is 1. The number of hydrogen-bond acceptors (Lipinski definition) is 4. The van der Waals surface area contributed by atoms with Crippen LogP contribution in [0.25, 0.3) is 0 Å². The summed E-state index contributed by atoms with van der Waals surface area (Å²) in [6.07, 6.45) is 5.29. The molecule has 0 radical (unpaired) electrons. The summed E-state index contributed by atoms with van der Waals surface area (Å²) in [5.41, 5.74) is 2.61. The zero-order chi connectivity index (χ0) is 18.0. The molecule has 0 unspecified atom stereocenters. The zero-order valence-corrected chi connectivity index (χ0v) is 15.3. The van der Waals surface area contributed by atoms with Crippen molar-refractivity contribution in [2.75, 3.05) is 21.3 Å². The van der Waals surface area contributed by atoms with Gasteiger partial charge < -0.3 is 14.4 Å². The van der Waals surface area contributed by atoms with Gasteiger partial charge in [-0.15, -0.1) is 0 Å². The number of aromatic nitrogens is 2. The summed E-state index contributed by atoms with van der Waals surface area (Å²) in [4.78, 5) is 14.7. The number of carbonyl (C=O) groups excluding carboxylic acids is 1. The summed E-state index contributed by atoms with van der Waals surface area (Å²) in [6, 6.07) is 5.66. The van der Waals surface area contributed by atoms with Crippen molar-refractivity contribution >= 4 is 5.91 Å². The van der Waals surface area contributed by atoms with Gasteiger partial charge in [-0.2, -0.15) is 5.10 Å². The highest BCUT2D eigenvalue weighted by molar-refractivity contribution is 5.95. The van der Waals surface area contributed by atoms with Gasteiger partial charge in [0.05, 0.1) is 25.5 Å². The van der Waals surface area contributed by atoms with Gasteiger partial charge in [0.1, 0.15) is 11.5 Å². The largest absolute Gasteiger partial charge is 0.497 e. The summed E-state index contributed by atoms with van der Waals surface area (Å²) in [7, 11) is 6.92. The molecule has 1 amide bonds. The summed E-state index contributed by atoms with van der Waals surface area (Å²) in [6.45, 7) is 0.478. The van der Waals surface area contributed by atoms with Gasteiger partial charge in [0, 0.05) is 38.8 Å². The Balaban J connectivity index is 1.79. The van der Waals surface area contributed by atoms with Gasteiger partial charge in [0.2, 0.25) is 0 Å². The van der Waals surface area contributed by atoms with E-state index in [0.29, 0.717) is 29.5 Å². The van der Waals surface area contributed by atoms with Crippen LogP contribution in [0.3, 0.4) is 0 Å². The highest BCUT2D eigenvalue weighted by Gasteiger charge is 2.29. The van der Waals surface area contributed by atoms with E-state index in [2.05, 4.69) is 5.10 Å². The lowest BCUT2D eigenvalue weighted by molar-refractivity contribution is 0.0782. The molecule has 6 heteroatoms. The van der Waals surface area contributed by atoms with Gasteiger partial charge in [-0.05, 0) is 30.5 Å². The third-order valence-corrected chi connectivity index (χ3v) is 4.76. The van der Waals surface area contributed by atoms with Crippen LogP contribution < -0.4 is 9.47 Å². The van der Waals surface area contributed by atoms with Crippen molar-refractivity contribution in [3.05, 3.63) is 41.2 Å². The second-order valence-corrected chi connectivity index (χ2v) is 6.61. The van der Waals surface area contributed by atoms with E-state index in [0.717, 1.165) is 24.1 Å². The molecule has 0 atom stereocenters. The number of benzene rings is 1. The van der Waals surface area contributed by atoms with E-state index in [1.54, 1.807) is 23.8 Å². The molecule has 1 fully saturated rings. The minimum atomic E-state index is -0.00298. The topological polar surface area (TPSA) is 56.6 Å². The van der Waals surface area contributed by atoms with Crippen molar-refractivity contribution < 1.29 is 14.3 Å². The molecule has 0 aliphatic heterocycles. The van der Waals surface area contributed by atoms with E-state index < -0.39 is 0 Å². The van der Waals surface area contributed by atoms with Crippen molar-refractivity contribution in [1.29, 1.82) is 0 Å². The van der Waals surface area contributed by atoms with Crippen molar-refractivity contribution in [3.8, 4) is 11.5 Å². The lowest BCUT2D eigenvalue weighted by atomic mass is 9.81. The normalized spacial score (nSPS) is 14.1. The maximum Gasteiger partial charge on any atom is 0.257 e. The molecule has 0 bridgehead atoms. The Morgan fingerprint density at radius 3 is 2.40 bits per heavy atom. The number of aryl methyl sites for hydroxylation is 1.